The number of hydrogen-bond acceptors (Lipinski definition) is 3. The minimum absolute atomic E-state index is 0.267. The van der Waals surface area contributed by atoms with Gasteiger partial charge >= 0.3 is 5.97 Å². The van der Waals surface area contributed by atoms with Crippen LogP contribution in [0.5, 0.6) is 11.5 Å². The third-order valence-electron chi connectivity index (χ3n) is 5.94. The summed E-state index contributed by atoms with van der Waals surface area (Å²) in [5, 5.41) is 11.2. The highest BCUT2D eigenvalue weighted by atomic mass is 16.5. The molecule has 5 heteroatoms. The Bertz CT molecular complexity index is 1300. The molecule has 5 nitrogen and oxygen atoms in total. The summed E-state index contributed by atoms with van der Waals surface area (Å²) >= 11 is 0. The van der Waals surface area contributed by atoms with Gasteiger partial charge in [-0.2, -0.15) is 0 Å². The lowest BCUT2D eigenvalue weighted by molar-refractivity contribution is -0.134. The van der Waals surface area contributed by atoms with Crippen molar-refractivity contribution in [1.29, 1.82) is 0 Å². The van der Waals surface area contributed by atoms with Crippen LogP contribution in [0.15, 0.2) is 65.2 Å². The lowest BCUT2D eigenvalue weighted by atomic mass is 9.99. The fraction of sp³-hybridized carbons (Fsp3) is 0.160. The number of amides is 1. The molecule has 0 spiro atoms. The number of fused-ring (bicyclic) bond motifs is 3. The number of aliphatic carboxylic acids is 1. The van der Waals surface area contributed by atoms with E-state index in [-0.39, 0.29) is 5.57 Å². The molecular formula is C25H19NO4. The number of ether oxygens (including phenoxy) is 1. The van der Waals surface area contributed by atoms with Gasteiger partial charge in [-0.15, -0.1) is 0 Å². The number of benzene rings is 3. The number of carboxylic acids is 1. The van der Waals surface area contributed by atoms with E-state index in [1.807, 2.05) is 42.5 Å². The van der Waals surface area contributed by atoms with Crippen LogP contribution in [0, 0.1) is 0 Å². The summed E-state index contributed by atoms with van der Waals surface area (Å²) in [6.07, 6.45) is 1.08. The largest absolute Gasteiger partial charge is 0.477 e. The number of hydrogen-bond donors (Lipinski definition) is 1. The Hall–Kier alpha value is -3.73. The SMILES string of the molecule is CCC(C)c1ccc(Oc2ccc3c4c(cccc24)C2=NC(=O)C(C(=O)O)=C23)cc1. The molecule has 0 saturated heterocycles. The molecule has 0 fully saturated rings. The van der Waals surface area contributed by atoms with Crippen molar-refractivity contribution < 1.29 is 19.4 Å². The summed E-state index contributed by atoms with van der Waals surface area (Å²) in [5.74, 6) is -0.0427. The smallest absolute Gasteiger partial charge is 0.342 e. The van der Waals surface area contributed by atoms with Gasteiger partial charge in [0.15, 0.2) is 0 Å². The fourth-order valence-corrected chi connectivity index (χ4v) is 4.20. The molecule has 1 aliphatic heterocycles. The first-order valence-corrected chi connectivity index (χ1v) is 9.94. The van der Waals surface area contributed by atoms with Gasteiger partial charge in [0.05, 0.1) is 5.71 Å². The van der Waals surface area contributed by atoms with Crippen LogP contribution in [-0.2, 0) is 9.59 Å². The van der Waals surface area contributed by atoms with Crippen molar-refractivity contribution >= 4 is 33.9 Å². The Balaban J connectivity index is 1.61. The minimum Gasteiger partial charge on any atom is -0.477 e. The topological polar surface area (TPSA) is 76.0 Å². The number of rotatable bonds is 5. The summed E-state index contributed by atoms with van der Waals surface area (Å²) < 4.78 is 6.18. The first-order valence-electron chi connectivity index (χ1n) is 9.94. The zero-order valence-corrected chi connectivity index (χ0v) is 16.6. The van der Waals surface area contributed by atoms with E-state index in [2.05, 4.69) is 31.0 Å². The van der Waals surface area contributed by atoms with Crippen LogP contribution < -0.4 is 4.74 Å². The van der Waals surface area contributed by atoms with E-state index < -0.39 is 11.9 Å². The van der Waals surface area contributed by atoms with Crippen LogP contribution in [0.4, 0.5) is 0 Å². The van der Waals surface area contributed by atoms with Crippen molar-refractivity contribution in [1.82, 2.24) is 0 Å². The summed E-state index contributed by atoms with van der Waals surface area (Å²) in [6.45, 7) is 4.36. The number of aliphatic imine (C=N–C) groups is 1. The molecule has 1 amide bonds. The standard InChI is InChI=1S/C25H19NO4/c1-3-13(2)14-7-9-15(10-8-14)30-19-12-11-17-20-16(19)5-4-6-18(20)23-21(17)22(25(28)29)24(27)26-23/h4-13H,3H2,1-2H3,(H,28,29). The molecule has 0 bridgehead atoms. The maximum atomic E-state index is 12.1. The van der Waals surface area contributed by atoms with Crippen LogP contribution in [0.1, 0.15) is 42.9 Å². The van der Waals surface area contributed by atoms with Crippen LogP contribution in [0.25, 0.3) is 16.3 Å². The minimum atomic E-state index is -1.25. The molecule has 1 aliphatic carbocycles. The third kappa shape index (κ3) is 2.59. The highest BCUT2D eigenvalue weighted by Crippen LogP contribution is 2.46. The van der Waals surface area contributed by atoms with Crippen molar-refractivity contribution in [3.05, 3.63) is 76.9 Å². The van der Waals surface area contributed by atoms with E-state index in [0.717, 1.165) is 28.5 Å². The van der Waals surface area contributed by atoms with Crippen molar-refractivity contribution in [3.63, 3.8) is 0 Å². The average Bonchev–Trinajstić information content (AvgIpc) is 3.24. The molecule has 3 aromatic carbocycles. The Morgan fingerprint density at radius 1 is 1.07 bits per heavy atom. The number of allylic oxidation sites excluding steroid dienone is 1. The van der Waals surface area contributed by atoms with Gasteiger partial charge in [-0.1, -0.05) is 44.2 Å². The van der Waals surface area contributed by atoms with Gasteiger partial charge in [-0.25, -0.2) is 9.79 Å². The molecule has 0 radical (unpaired) electrons. The Morgan fingerprint density at radius 2 is 1.83 bits per heavy atom. The van der Waals surface area contributed by atoms with Crippen molar-refractivity contribution in [2.24, 2.45) is 4.99 Å². The maximum absolute atomic E-state index is 12.1. The fourth-order valence-electron chi connectivity index (χ4n) is 4.20. The normalized spacial score (nSPS) is 15.4. The first-order chi connectivity index (χ1) is 14.5. The zero-order chi connectivity index (χ0) is 21.0. The van der Waals surface area contributed by atoms with Crippen LogP contribution >= 0.6 is 0 Å². The molecule has 2 aliphatic rings. The average molecular weight is 397 g/mol. The van der Waals surface area contributed by atoms with E-state index in [0.29, 0.717) is 28.5 Å². The molecule has 1 N–H and O–H groups in total. The van der Waals surface area contributed by atoms with Gasteiger partial charge in [-0.05, 0) is 47.7 Å². The highest BCUT2D eigenvalue weighted by molar-refractivity contribution is 6.53. The summed E-state index contributed by atoms with van der Waals surface area (Å²) in [4.78, 5) is 27.8. The summed E-state index contributed by atoms with van der Waals surface area (Å²) in [6, 6.07) is 17.4. The molecule has 0 aromatic heterocycles. The number of carbonyl (C=O) groups is 2. The quantitative estimate of drug-likeness (QED) is 0.591. The molecule has 1 unspecified atom stereocenters. The van der Waals surface area contributed by atoms with Crippen molar-refractivity contribution in [2.75, 3.05) is 0 Å². The number of nitrogens with zero attached hydrogens (tertiary/aromatic N) is 1. The molecule has 148 valence electrons. The Labute approximate surface area is 173 Å². The third-order valence-corrected chi connectivity index (χ3v) is 5.94. The van der Waals surface area contributed by atoms with Gasteiger partial charge < -0.3 is 9.84 Å². The second-order valence-corrected chi connectivity index (χ2v) is 7.64. The highest BCUT2D eigenvalue weighted by Gasteiger charge is 2.39. The van der Waals surface area contributed by atoms with Crippen molar-refractivity contribution in [3.8, 4) is 11.5 Å². The number of carbonyl (C=O) groups excluding carboxylic acids is 1. The van der Waals surface area contributed by atoms with Gasteiger partial charge in [0.1, 0.15) is 17.1 Å². The van der Waals surface area contributed by atoms with Gasteiger partial charge in [-0.3, -0.25) is 4.79 Å². The van der Waals surface area contributed by atoms with Crippen molar-refractivity contribution in [2.45, 2.75) is 26.2 Å². The van der Waals surface area contributed by atoms with E-state index in [1.54, 1.807) is 0 Å². The Kier molecular flexibility index (Phi) is 4.07. The predicted octanol–water partition coefficient (Wildman–Crippen LogP) is 5.33. The van der Waals surface area contributed by atoms with Gasteiger partial charge in [0.25, 0.3) is 5.91 Å². The van der Waals surface area contributed by atoms with E-state index in [9.17, 15) is 14.7 Å². The van der Waals surface area contributed by atoms with Crippen LogP contribution in [-0.4, -0.2) is 22.7 Å². The monoisotopic (exact) mass is 397 g/mol. The summed E-state index contributed by atoms with van der Waals surface area (Å²) in [7, 11) is 0. The molecule has 1 heterocycles. The lowest BCUT2D eigenvalue weighted by Crippen LogP contribution is -2.08. The first kappa shape index (κ1) is 18.3. The molecule has 1 atom stereocenters. The number of carboxylic acid groups (broad SMARTS) is 1. The van der Waals surface area contributed by atoms with Gasteiger partial charge in [0.2, 0.25) is 0 Å². The second-order valence-electron chi connectivity index (χ2n) is 7.64. The second kappa shape index (κ2) is 6.66. The van der Waals surface area contributed by atoms with E-state index >= 15 is 0 Å². The van der Waals surface area contributed by atoms with Crippen LogP contribution in [0.2, 0.25) is 0 Å². The maximum Gasteiger partial charge on any atom is 0.342 e. The van der Waals surface area contributed by atoms with Crippen LogP contribution in [0.3, 0.4) is 0 Å². The lowest BCUT2D eigenvalue weighted by Gasteiger charge is -2.13. The van der Waals surface area contributed by atoms with E-state index in [4.69, 9.17) is 4.74 Å². The molecular weight excluding hydrogens is 378 g/mol. The summed E-state index contributed by atoms with van der Waals surface area (Å²) in [5.41, 5.74) is 3.32. The Morgan fingerprint density at radius 3 is 2.53 bits per heavy atom. The zero-order valence-electron chi connectivity index (χ0n) is 16.6. The molecule has 30 heavy (non-hydrogen) atoms. The predicted molar refractivity (Wildman–Crippen MR) is 115 cm³/mol. The molecule has 5 rings (SSSR count). The molecule has 0 saturated carbocycles. The molecule has 3 aromatic rings. The van der Waals surface area contributed by atoms with Gasteiger partial charge in [0, 0.05) is 21.9 Å². The van der Waals surface area contributed by atoms with E-state index in [1.165, 1.54) is 5.56 Å².